The number of ether oxygens (including phenoxy) is 2. The van der Waals surface area contributed by atoms with Crippen LogP contribution in [0.1, 0.15) is 12.0 Å². The highest BCUT2D eigenvalue weighted by Crippen LogP contribution is 2.34. The summed E-state index contributed by atoms with van der Waals surface area (Å²) < 4.78 is 57.3. The minimum Gasteiger partial charge on any atom is -0.431 e. The molecule has 0 spiro atoms. The van der Waals surface area contributed by atoms with E-state index < -0.39 is 13.2 Å². The van der Waals surface area contributed by atoms with Gasteiger partial charge in [0.25, 0.3) is 0 Å². The van der Waals surface area contributed by atoms with Gasteiger partial charge in [-0.2, -0.15) is 17.6 Å². The molecular formula is C11H11BrF4O2. The van der Waals surface area contributed by atoms with Crippen LogP contribution in [0.25, 0.3) is 0 Å². The van der Waals surface area contributed by atoms with E-state index >= 15 is 0 Å². The molecule has 2 nitrogen and oxygen atoms in total. The molecule has 7 heteroatoms. The van der Waals surface area contributed by atoms with E-state index in [1.54, 1.807) is 6.07 Å². The quantitative estimate of drug-likeness (QED) is 0.550. The van der Waals surface area contributed by atoms with E-state index in [1.165, 1.54) is 12.1 Å². The molecule has 0 N–H and O–H groups in total. The third-order valence-electron chi connectivity index (χ3n) is 2.06. The van der Waals surface area contributed by atoms with E-state index in [-0.39, 0.29) is 11.5 Å². The van der Waals surface area contributed by atoms with Crippen molar-refractivity contribution in [1.82, 2.24) is 0 Å². The number of alkyl halides is 5. The first kappa shape index (κ1) is 15.1. The summed E-state index contributed by atoms with van der Waals surface area (Å²) in [5.74, 6) is -0.703. The number of aryl methyl sites for hydroxylation is 1. The highest BCUT2D eigenvalue weighted by molar-refractivity contribution is 9.09. The van der Waals surface area contributed by atoms with Crippen LogP contribution in [0, 0.1) is 0 Å². The number of rotatable bonds is 7. The molecule has 0 bridgehead atoms. The van der Waals surface area contributed by atoms with Crippen LogP contribution < -0.4 is 9.47 Å². The van der Waals surface area contributed by atoms with Gasteiger partial charge in [0.2, 0.25) is 0 Å². The molecule has 0 fully saturated rings. The Balaban J connectivity index is 3.00. The zero-order valence-corrected chi connectivity index (χ0v) is 10.8. The van der Waals surface area contributed by atoms with Gasteiger partial charge < -0.3 is 9.47 Å². The van der Waals surface area contributed by atoms with Crippen molar-refractivity contribution in [2.75, 3.05) is 5.33 Å². The average molecular weight is 331 g/mol. The maximum atomic E-state index is 12.3. The number of para-hydroxylation sites is 1. The van der Waals surface area contributed by atoms with Crippen LogP contribution in [0.3, 0.4) is 0 Å². The molecule has 0 radical (unpaired) electrons. The van der Waals surface area contributed by atoms with Gasteiger partial charge in [-0.05, 0) is 24.5 Å². The summed E-state index contributed by atoms with van der Waals surface area (Å²) in [7, 11) is 0. The van der Waals surface area contributed by atoms with Crippen LogP contribution in [0.2, 0.25) is 0 Å². The van der Waals surface area contributed by atoms with E-state index in [0.717, 1.165) is 0 Å². The third kappa shape index (κ3) is 4.72. The van der Waals surface area contributed by atoms with Crippen LogP contribution in [0.15, 0.2) is 18.2 Å². The van der Waals surface area contributed by atoms with Crippen LogP contribution in [0.5, 0.6) is 11.5 Å². The molecule has 0 saturated carbocycles. The molecule has 0 unspecified atom stereocenters. The van der Waals surface area contributed by atoms with Gasteiger partial charge in [-0.1, -0.05) is 28.1 Å². The Morgan fingerprint density at radius 3 is 2.28 bits per heavy atom. The van der Waals surface area contributed by atoms with Crippen molar-refractivity contribution in [1.29, 1.82) is 0 Å². The topological polar surface area (TPSA) is 18.5 Å². The fourth-order valence-corrected chi connectivity index (χ4v) is 1.71. The van der Waals surface area contributed by atoms with E-state index in [2.05, 4.69) is 25.4 Å². The van der Waals surface area contributed by atoms with Crippen LogP contribution in [-0.2, 0) is 6.42 Å². The lowest BCUT2D eigenvalue weighted by Crippen LogP contribution is -2.09. The fraction of sp³-hybridized carbons (Fsp3) is 0.455. The maximum absolute atomic E-state index is 12.3. The predicted molar refractivity (Wildman–Crippen MR) is 61.8 cm³/mol. The van der Waals surface area contributed by atoms with E-state index in [0.29, 0.717) is 23.7 Å². The van der Waals surface area contributed by atoms with Crippen molar-refractivity contribution < 1.29 is 27.0 Å². The van der Waals surface area contributed by atoms with Crippen LogP contribution >= 0.6 is 15.9 Å². The Bertz CT molecular complexity index is 374. The molecule has 0 saturated heterocycles. The SMILES string of the molecule is FC(F)Oc1cccc(CCCBr)c1OC(F)F. The first-order valence-corrected chi connectivity index (χ1v) is 6.24. The molecule has 0 aliphatic carbocycles. The fourth-order valence-electron chi connectivity index (χ4n) is 1.43. The van der Waals surface area contributed by atoms with Gasteiger partial charge in [-0.15, -0.1) is 0 Å². The summed E-state index contributed by atoms with van der Waals surface area (Å²) in [4.78, 5) is 0. The Morgan fingerprint density at radius 2 is 1.72 bits per heavy atom. The summed E-state index contributed by atoms with van der Waals surface area (Å²) in [6.45, 7) is -6.17. The molecule has 18 heavy (non-hydrogen) atoms. The first-order chi connectivity index (χ1) is 8.54. The van der Waals surface area contributed by atoms with Gasteiger partial charge in [0.15, 0.2) is 11.5 Å². The molecule has 1 aromatic rings. The Kier molecular flexibility index (Phi) is 6.24. The highest BCUT2D eigenvalue weighted by Gasteiger charge is 2.17. The highest BCUT2D eigenvalue weighted by atomic mass is 79.9. The second-order valence-electron chi connectivity index (χ2n) is 3.29. The summed E-state index contributed by atoms with van der Waals surface area (Å²) in [5, 5.41) is 0.668. The molecule has 1 rings (SSSR count). The summed E-state index contributed by atoms with van der Waals surface area (Å²) >= 11 is 3.20. The van der Waals surface area contributed by atoms with Crippen molar-refractivity contribution in [2.45, 2.75) is 26.1 Å². The van der Waals surface area contributed by atoms with Crippen molar-refractivity contribution in [3.05, 3.63) is 23.8 Å². The maximum Gasteiger partial charge on any atom is 0.387 e. The minimum atomic E-state index is -3.09. The molecule has 0 amide bonds. The second kappa shape index (κ2) is 7.45. The molecule has 102 valence electrons. The molecule has 0 heterocycles. The van der Waals surface area contributed by atoms with E-state index in [4.69, 9.17) is 0 Å². The van der Waals surface area contributed by atoms with Gasteiger partial charge >= 0.3 is 13.2 Å². The lowest BCUT2D eigenvalue weighted by molar-refractivity contribution is -0.0696. The van der Waals surface area contributed by atoms with Crippen molar-refractivity contribution in [2.24, 2.45) is 0 Å². The lowest BCUT2D eigenvalue weighted by Gasteiger charge is -2.15. The molecule has 0 aliphatic rings. The minimum absolute atomic E-state index is 0.325. The summed E-state index contributed by atoms with van der Waals surface area (Å²) in [6.07, 6.45) is 1.09. The monoisotopic (exact) mass is 330 g/mol. The van der Waals surface area contributed by atoms with E-state index in [1.807, 2.05) is 0 Å². The summed E-state index contributed by atoms with van der Waals surface area (Å²) in [5.41, 5.74) is 0.410. The van der Waals surface area contributed by atoms with E-state index in [9.17, 15) is 17.6 Å². The third-order valence-corrected chi connectivity index (χ3v) is 2.62. The number of halogens is 5. The number of hydrogen-bond donors (Lipinski definition) is 0. The molecular weight excluding hydrogens is 320 g/mol. The number of benzene rings is 1. The van der Waals surface area contributed by atoms with Gasteiger partial charge in [-0.25, -0.2) is 0 Å². The zero-order chi connectivity index (χ0) is 13.5. The molecule has 0 atom stereocenters. The standard InChI is InChI=1S/C11H11BrF4O2/c12-6-2-4-7-3-1-5-8(17-10(13)14)9(7)18-11(15)16/h1,3,5,10-11H,2,4,6H2. The van der Waals surface area contributed by atoms with Crippen molar-refractivity contribution in [3.8, 4) is 11.5 Å². The normalized spacial score (nSPS) is 11.1. The van der Waals surface area contributed by atoms with Gasteiger partial charge in [0, 0.05) is 5.33 Å². The smallest absolute Gasteiger partial charge is 0.387 e. The first-order valence-electron chi connectivity index (χ1n) is 5.12. The van der Waals surface area contributed by atoms with Crippen molar-refractivity contribution in [3.63, 3.8) is 0 Å². The van der Waals surface area contributed by atoms with Crippen molar-refractivity contribution >= 4 is 15.9 Å². The Hall–Kier alpha value is -0.980. The zero-order valence-electron chi connectivity index (χ0n) is 9.21. The molecule has 1 aromatic carbocycles. The predicted octanol–water partition coefficient (Wildman–Crippen LogP) is 4.22. The summed E-state index contributed by atoms with van der Waals surface area (Å²) in [6, 6.07) is 4.17. The van der Waals surface area contributed by atoms with Gasteiger partial charge in [-0.3, -0.25) is 0 Å². The van der Waals surface area contributed by atoms with Gasteiger partial charge in [0.05, 0.1) is 0 Å². The molecule has 0 aromatic heterocycles. The van der Waals surface area contributed by atoms with Crippen LogP contribution in [0.4, 0.5) is 17.6 Å². The number of hydrogen-bond acceptors (Lipinski definition) is 2. The lowest BCUT2D eigenvalue weighted by atomic mass is 10.1. The largest absolute Gasteiger partial charge is 0.431 e. The second-order valence-corrected chi connectivity index (χ2v) is 4.09. The van der Waals surface area contributed by atoms with Gasteiger partial charge in [0.1, 0.15) is 0 Å². The van der Waals surface area contributed by atoms with Crippen LogP contribution in [-0.4, -0.2) is 18.6 Å². The Labute approximate surface area is 110 Å². The average Bonchev–Trinajstić information content (AvgIpc) is 2.28. The molecule has 0 aliphatic heterocycles. The Morgan fingerprint density at radius 1 is 1.06 bits per heavy atom.